The van der Waals surface area contributed by atoms with Gasteiger partial charge in [-0.05, 0) is 41.7 Å². The first kappa shape index (κ1) is 35.5. The molecule has 2 aromatic carbocycles. The minimum Gasteiger partial charge on any atom is -0.394 e. The third-order valence-corrected chi connectivity index (χ3v) is 16.0. The van der Waals surface area contributed by atoms with Crippen molar-refractivity contribution in [1.29, 1.82) is 0 Å². The number of hydrogen-bond donors (Lipinski definition) is 4. The number of para-hydroxylation sites is 2. The second-order valence-electron chi connectivity index (χ2n) is 14.9. The Labute approximate surface area is 310 Å². The lowest BCUT2D eigenvalue weighted by molar-refractivity contribution is -0.218. The molecular weight excluding hydrogens is 709 g/mol. The van der Waals surface area contributed by atoms with Gasteiger partial charge in [0.15, 0.2) is 9.74 Å². The number of piperazine rings is 2. The SMILES string of the molecule is COC12C(=O)N(C)C(CO)C(=O)N1C1Nc3ccccc3C1(C13c4ccccc4N(C)C1N1C(=O)C(SC)(C(C)C)N(C)C(=O)C1(SC)C3O)C2O. The second kappa shape index (κ2) is 11.0. The van der Waals surface area contributed by atoms with E-state index in [1.807, 2.05) is 36.9 Å². The Balaban J connectivity index is 1.55. The van der Waals surface area contributed by atoms with Crippen molar-refractivity contribution in [3.05, 3.63) is 59.7 Å². The fourth-order valence-electron chi connectivity index (χ4n) is 11.2. The number of rotatable bonds is 6. The van der Waals surface area contributed by atoms with Crippen molar-refractivity contribution in [3.63, 3.8) is 0 Å². The third kappa shape index (κ3) is 3.23. The van der Waals surface area contributed by atoms with Crippen LogP contribution in [0.3, 0.4) is 0 Å². The Hall–Kier alpha value is -3.54. The molecular formula is C36H44N6O8S2. The molecule has 0 aliphatic carbocycles. The van der Waals surface area contributed by atoms with Crippen molar-refractivity contribution >= 4 is 58.5 Å². The predicted molar refractivity (Wildman–Crippen MR) is 195 cm³/mol. The Morgan fingerprint density at radius 3 is 2.06 bits per heavy atom. The second-order valence-corrected chi connectivity index (χ2v) is 16.9. The number of amides is 4. The summed E-state index contributed by atoms with van der Waals surface area (Å²) < 4.78 is 6.09. The Morgan fingerprint density at radius 2 is 1.46 bits per heavy atom. The number of fused-ring (bicyclic) bond motifs is 11. The van der Waals surface area contributed by atoms with Crippen LogP contribution in [0, 0.1) is 5.92 Å². The number of carbonyl (C=O) groups is 4. The van der Waals surface area contributed by atoms with Gasteiger partial charge in [0.2, 0.25) is 0 Å². The zero-order valence-corrected chi connectivity index (χ0v) is 31.9. The molecule has 10 atom stereocenters. The molecule has 8 rings (SSSR count). The molecule has 0 spiro atoms. The van der Waals surface area contributed by atoms with E-state index in [2.05, 4.69) is 5.32 Å². The van der Waals surface area contributed by atoms with Gasteiger partial charge in [0.1, 0.15) is 30.6 Å². The lowest BCUT2D eigenvalue weighted by Crippen LogP contribution is -2.77. The largest absolute Gasteiger partial charge is 0.394 e. The summed E-state index contributed by atoms with van der Waals surface area (Å²) in [5.74, 6) is -2.67. The predicted octanol–water partition coefficient (Wildman–Crippen LogP) is 0.218. The number of ether oxygens (including phenoxy) is 1. The van der Waals surface area contributed by atoms with Crippen LogP contribution in [0.15, 0.2) is 48.5 Å². The molecule has 4 amide bonds. The number of aliphatic hydroxyl groups is 3. The molecule has 0 saturated carbocycles. The number of thioether (sulfide) groups is 2. The number of likely N-dealkylation sites (N-methyl/N-ethyl adjacent to an activating group) is 3. The van der Waals surface area contributed by atoms with E-state index in [0.29, 0.717) is 22.5 Å². The van der Waals surface area contributed by atoms with Gasteiger partial charge in [-0.1, -0.05) is 50.2 Å². The van der Waals surface area contributed by atoms with Gasteiger partial charge in [0.25, 0.3) is 29.4 Å². The molecule has 4 fully saturated rings. The number of nitrogens with zero attached hydrogens (tertiary/aromatic N) is 5. The van der Waals surface area contributed by atoms with Crippen LogP contribution in [0.4, 0.5) is 11.4 Å². The average molecular weight is 753 g/mol. The number of nitrogens with one attached hydrogen (secondary N) is 1. The van der Waals surface area contributed by atoms with E-state index in [1.54, 1.807) is 56.9 Å². The summed E-state index contributed by atoms with van der Waals surface area (Å²) >= 11 is 2.31. The number of carbonyl (C=O) groups excluding carboxylic acids is 4. The number of hydrogen-bond acceptors (Lipinski definition) is 12. The van der Waals surface area contributed by atoms with Crippen molar-refractivity contribution in [2.45, 2.75) is 70.7 Å². The minimum absolute atomic E-state index is 0.353. The molecule has 6 heterocycles. The molecule has 52 heavy (non-hydrogen) atoms. The summed E-state index contributed by atoms with van der Waals surface area (Å²) in [6.45, 7) is 3.08. The first-order valence-electron chi connectivity index (χ1n) is 17.2. The molecule has 4 N–H and O–H groups in total. The Bertz CT molecular complexity index is 1940. The first-order valence-corrected chi connectivity index (χ1v) is 19.7. The van der Waals surface area contributed by atoms with Crippen LogP contribution >= 0.6 is 23.5 Å². The fraction of sp³-hybridized carbons (Fsp3) is 0.556. The molecule has 14 nitrogen and oxygen atoms in total. The zero-order valence-electron chi connectivity index (χ0n) is 30.2. The average Bonchev–Trinajstić information content (AvgIpc) is 3.77. The van der Waals surface area contributed by atoms with Gasteiger partial charge in [-0.25, -0.2) is 0 Å². The summed E-state index contributed by atoms with van der Waals surface area (Å²) in [7, 11) is 6.02. The topological polar surface area (TPSA) is 166 Å². The molecule has 10 unspecified atom stereocenters. The number of methoxy groups -OCH3 is 1. The van der Waals surface area contributed by atoms with E-state index in [-0.39, 0.29) is 11.8 Å². The summed E-state index contributed by atoms with van der Waals surface area (Å²) in [5, 5.41) is 41.0. The standard InChI is InChI=1S/C36H44N6O8S2/c1-18(2)35(51-7)31(49)42-28-33(20-14-10-12-16-22(20)38(28)3,26(46)36(42,52-8)30(48)40(35)5)32-19-13-9-11-15-21(19)37-27(32)41-24(44)23(17-43)39(4)29(47)34(41,50-6)25(32)45/h9-16,18,23,25-28,37,43,45-46H,17H2,1-8H3. The van der Waals surface area contributed by atoms with Crippen LogP contribution in [-0.2, 0) is 34.7 Å². The van der Waals surface area contributed by atoms with Crippen LogP contribution in [0.2, 0.25) is 0 Å². The highest BCUT2D eigenvalue weighted by molar-refractivity contribution is 8.01. The first-order chi connectivity index (χ1) is 24.7. The van der Waals surface area contributed by atoms with E-state index in [4.69, 9.17) is 4.74 Å². The summed E-state index contributed by atoms with van der Waals surface area (Å²) in [5.41, 5.74) is -3.83. The molecule has 0 radical (unpaired) electrons. The van der Waals surface area contributed by atoms with Crippen LogP contribution in [0.25, 0.3) is 0 Å². The van der Waals surface area contributed by atoms with Gasteiger partial charge in [0.05, 0.1) is 17.4 Å². The van der Waals surface area contributed by atoms with E-state index in [0.717, 1.165) is 16.7 Å². The molecule has 0 bridgehead atoms. The van der Waals surface area contributed by atoms with Gasteiger partial charge in [0, 0.05) is 39.6 Å². The zero-order chi connectivity index (χ0) is 37.7. The van der Waals surface area contributed by atoms with Crippen LogP contribution in [0.1, 0.15) is 25.0 Å². The van der Waals surface area contributed by atoms with Crippen LogP contribution in [-0.4, -0.2) is 152 Å². The highest BCUT2D eigenvalue weighted by atomic mass is 32.2. The van der Waals surface area contributed by atoms with Crippen molar-refractivity contribution in [2.24, 2.45) is 5.92 Å². The van der Waals surface area contributed by atoms with E-state index < -0.39 is 81.2 Å². The third-order valence-electron chi connectivity index (χ3n) is 13.2. The lowest BCUT2D eigenvalue weighted by Gasteiger charge is -2.56. The summed E-state index contributed by atoms with van der Waals surface area (Å²) in [6.07, 6.45) is -2.53. The van der Waals surface area contributed by atoms with Crippen molar-refractivity contribution in [2.75, 3.05) is 57.6 Å². The molecule has 16 heteroatoms. The highest BCUT2D eigenvalue weighted by Gasteiger charge is 2.91. The number of aliphatic hydroxyl groups excluding tert-OH is 3. The molecule has 6 aliphatic rings. The van der Waals surface area contributed by atoms with Crippen molar-refractivity contribution in [1.82, 2.24) is 19.6 Å². The van der Waals surface area contributed by atoms with E-state index in [1.165, 1.54) is 40.6 Å². The number of anilines is 2. The molecule has 2 aromatic rings. The van der Waals surface area contributed by atoms with Crippen molar-refractivity contribution in [3.8, 4) is 0 Å². The van der Waals surface area contributed by atoms with Crippen molar-refractivity contribution < 1.29 is 39.2 Å². The van der Waals surface area contributed by atoms with Gasteiger partial charge >= 0.3 is 0 Å². The monoisotopic (exact) mass is 752 g/mol. The highest BCUT2D eigenvalue weighted by Crippen LogP contribution is 2.74. The number of benzene rings is 2. The van der Waals surface area contributed by atoms with Gasteiger partial charge in [-0.15, -0.1) is 23.5 Å². The van der Waals surface area contributed by atoms with Crippen LogP contribution < -0.4 is 10.2 Å². The van der Waals surface area contributed by atoms with Gasteiger partial charge in [-0.2, -0.15) is 0 Å². The lowest BCUT2D eigenvalue weighted by atomic mass is 9.51. The maximum atomic E-state index is 15.6. The molecule has 4 saturated heterocycles. The van der Waals surface area contributed by atoms with E-state index in [9.17, 15) is 24.9 Å². The Kier molecular flexibility index (Phi) is 7.51. The maximum Gasteiger partial charge on any atom is 0.279 e. The van der Waals surface area contributed by atoms with E-state index >= 15 is 9.59 Å². The fourth-order valence-corrected chi connectivity index (χ4v) is 13.4. The summed E-state index contributed by atoms with van der Waals surface area (Å²) in [6, 6.07) is 13.2. The van der Waals surface area contributed by atoms with Gasteiger partial charge < -0.3 is 40.1 Å². The molecule has 6 aliphatic heterocycles. The minimum atomic E-state index is -2.33. The Morgan fingerprint density at radius 1 is 0.827 bits per heavy atom. The normalized spacial score (nSPS) is 40.2. The quantitative estimate of drug-likeness (QED) is 0.318. The maximum absolute atomic E-state index is 15.6. The smallest absolute Gasteiger partial charge is 0.279 e. The van der Waals surface area contributed by atoms with Crippen LogP contribution in [0.5, 0.6) is 0 Å². The molecule has 278 valence electrons. The molecule has 0 aromatic heterocycles. The van der Waals surface area contributed by atoms with Gasteiger partial charge in [-0.3, -0.25) is 29.0 Å². The summed E-state index contributed by atoms with van der Waals surface area (Å²) in [4.78, 5) is 64.1.